The number of benzene rings is 1. The second-order valence-electron chi connectivity index (χ2n) is 3.00. The van der Waals surface area contributed by atoms with Gasteiger partial charge >= 0.3 is 0 Å². The lowest BCUT2D eigenvalue weighted by molar-refractivity contribution is 0.394. The van der Waals surface area contributed by atoms with E-state index in [2.05, 4.69) is 5.10 Å². The number of methoxy groups -OCH3 is 2. The first-order valence-corrected chi connectivity index (χ1v) is 4.57. The molecule has 0 aliphatic rings. The van der Waals surface area contributed by atoms with Crippen LogP contribution in [0.15, 0.2) is 36.5 Å². The van der Waals surface area contributed by atoms with E-state index in [0.717, 1.165) is 11.4 Å². The van der Waals surface area contributed by atoms with Gasteiger partial charge in [0.25, 0.3) is 0 Å². The maximum Gasteiger partial charge on any atom is 0.232 e. The fourth-order valence-corrected chi connectivity index (χ4v) is 1.29. The minimum atomic E-state index is 0.603. The Morgan fingerprint density at radius 3 is 2.27 bits per heavy atom. The Morgan fingerprint density at radius 2 is 1.73 bits per heavy atom. The molecule has 0 fully saturated rings. The molecule has 0 saturated carbocycles. The summed E-state index contributed by atoms with van der Waals surface area (Å²) in [5.74, 6) is 1.43. The van der Waals surface area contributed by atoms with E-state index in [1.807, 2.05) is 36.5 Å². The van der Waals surface area contributed by atoms with E-state index in [1.54, 1.807) is 18.9 Å². The lowest BCUT2D eigenvalue weighted by Gasteiger charge is -2.02. The minimum Gasteiger partial charge on any atom is -0.497 e. The van der Waals surface area contributed by atoms with Crippen molar-refractivity contribution in [2.24, 2.45) is 0 Å². The van der Waals surface area contributed by atoms with Crippen LogP contribution in [0.3, 0.4) is 0 Å². The molecule has 4 nitrogen and oxygen atoms in total. The van der Waals surface area contributed by atoms with Crippen LogP contribution in [-0.2, 0) is 0 Å². The van der Waals surface area contributed by atoms with Gasteiger partial charge in [0.05, 0.1) is 19.9 Å². The van der Waals surface area contributed by atoms with Crippen LogP contribution >= 0.6 is 0 Å². The van der Waals surface area contributed by atoms with E-state index < -0.39 is 0 Å². The van der Waals surface area contributed by atoms with Crippen molar-refractivity contribution in [3.05, 3.63) is 36.5 Å². The number of hydrogen-bond acceptors (Lipinski definition) is 3. The number of hydrogen-bond donors (Lipinski definition) is 0. The summed E-state index contributed by atoms with van der Waals surface area (Å²) in [4.78, 5) is 0. The van der Waals surface area contributed by atoms with Crippen molar-refractivity contribution in [2.75, 3.05) is 14.2 Å². The average molecular weight is 204 g/mol. The van der Waals surface area contributed by atoms with Crippen LogP contribution in [0.1, 0.15) is 0 Å². The van der Waals surface area contributed by atoms with Crippen molar-refractivity contribution in [3.8, 4) is 17.3 Å². The zero-order valence-electron chi connectivity index (χ0n) is 8.68. The van der Waals surface area contributed by atoms with Crippen LogP contribution in [0.2, 0.25) is 0 Å². The van der Waals surface area contributed by atoms with E-state index in [-0.39, 0.29) is 0 Å². The molecule has 0 saturated heterocycles. The molecule has 1 aromatic carbocycles. The zero-order chi connectivity index (χ0) is 10.7. The summed E-state index contributed by atoms with van der Waals surface area (Å²) >= 11 is 0. The van der Waals surface area contributed by atoms with Gasteiger partial charge in [-0.05, 0) is 24.3 Å². The van der Waals surface area contributed by atoms with Gasteiger partial charge in [-0.25, -0.2) is 4.68 Å². The second kappa shape index (κ2) is 4.04. The van der Waals surface area contributed by atoms with E-state index in [1.165, 1.54) is 0 Å². The quantitative estimate of drug-likeness (QED) is 0.766. The Hall–Kier alpha value is -1.97. The lowest BCUT2D eigenvalue weighted by atomic mass is 10.3. The van der Waals surface area contributed by atoms with Gasteiger partial charge in [-0.3, -0.25) is 0 Å². The fourth-order valence-electron chi connectivity index (χ4n) is 1.29. The molecule has 15 heavy (non-hydrogen) atoms. The Morgan fingerprint density at radius 1 is 1.00 bits per heavy atom. The molecule has 0 atom stereocenters. The highest BCUT2D eigenvalue weighted by Gasteiger charge is 2.00. The Bertz CT molecular complexity index is 434. The molecule has 1 heterocycles. The lowest BCUT2D eigenvalue weighted by Crippen LogP contribution is -1.95. The molecule has 0 amide bonds. The first-order chi connectivity index (χ1) is 7.33. The smallest absolute Gasteiger partial charge is 0.232 e. The number of rotatable bonds is 3. The van der Waals surface area contributed by atoms with Gasteiger partial charge in [0.2, 0.25) is 5.88 Å². The summed E-state index contributed by atoms with van der Waals surface area (Å²) in [6.07, 6.45) is 1.85. The first-order valence-electron chi connectivity index (χ1n) is 4.57. The van der Waals surface area contributed by atoms with Crippen LogP contribution in [-0.4, -0.2) is 24.0 Å². The first kappa shape index (κ1) is 9.58. The van der Waals surface area contributed by atoms with E-state index in [4.69, 9.17) is 9.47 Å². The standard InChI is InChI=1S/C11H12N2O2/c1-14-10-5-3-9(4-6-10)13-8-7-11(12-13)15-2/h3-8H,1-2H3. The third-order valence-corrected chi connectivity index (χ3v) is 2.11. The maximum absolute atomic E-state index is 5.08. The summed E-state index contributed by atoms with van der Waals surface area (Å²) in [6.45, 7) is 0. The molecule has 2 aromatic rings. The Balaban J connectivity index is 2.28. The molecule has 0 N–H and O–H groups in total. The third-order valence-electron chi connectivity index (χ3n) is 2.11. The van der Waals surface area contributed by atoms with Crippen molar-refractivity contribution in [3.63, 3.8) is 0 Å². The number of ether oxygens (including phenoxy) is 2. The summed E-state index contributed by atoms with van der Waals surface area (Å²) in [5.41, 5.74) is 0.971. The predicted molar refractivity (Wildman–Crippen MR) is 56.7 cm³/mol. The highest BCUT2D eigenvalue weighted by molar-refractivity contribution is 5.37. The van der Waals surface area contributed by atoms with Gasteiger partial charge in [-0.15, -0.1) is 5.10 Å². The largest absolute Gasteiger partial charge is 0.497 e. The molecule has 1 aromatic heterocycles. The highest BCUT2D eigenvalue weighted by atomic mass is 16.5. The Kier molecular flexibility index (Phi) is 2.58. The average Bonchev–Trinajstić information content (AvgIpc) is 2.78. The van der Waals surface area contributed by atoms with Gasteiger partial charge in [-0.2, -0.15) is 0 Å². The zero-order valence-corrected chi connectivity index (χ0v) is 8.68. The van der Waals surface area contributed by atoms with E-state index in [0.29, 0.717) is 5.88 Å². The van der Waals surface area contributed by atoms with Crippen molar-refractivity contribution in [2.45, 2.75) is 0 Å². The molecule has 0 bridgehead atoms. The van der Waals surface area contributed by atoms with Gasteiger partial charge in [0, 0.05) is 12.3 Å². The Labute approximate surface area is 88.1 Å². The monoisotopic (exact) mass is 204 g/mol. The van der Waals surface area contributed by atoms with Crippen molar-refractivity contribution < 1.29 is 9.47 Å². The van der Waals surface area contributed by atoms with Crippen LogP contribution in [0, 0.1) is 0 Å². The van der Waals surface area contributed by atoms with Crippen LogP contribution in [0.5, 0.6) is 11.6 Å². The van der Waals surface area contributed by atoms with Gasteiger partial charge in [0.15, 0.2) is 0 Å². The molecular formula is C11H12N2O2. The SMILES string of the molecule is COc1ccc(-n2ccc(OC)n2)cc1. The van der Waals surface area contributed by atoms with Crippen molar-refractivity contribution in [1.29, 1.82) is 0 Å². The maximum atomic E-state index is 5.08. The third kappa shape index (κ3) is 1.93. The number of nitrogens with zero attached hydrogens (tertiary/aromatic N) is 2. The normalized spacial score (nSPS) is 10.0. The molecule has 0 unspecified atom stereocenters. The topological polar surface area (TPSA) is 36.3 Å². The summed E-state index contributed by atoms with van der Waals surface area (Å²) in [5, 5.41) is 4.21. The summed E-state index contributed by atoms with van der Waals surface area (Å²) < 4.78 is 11.8. The molecule has 2 rings (SSSR count). The molecule has 0 spiro atoms. The van der Waals surface area contributed by atoms with Crippen LogP contribution in [0.4, 0.5) is 0 Å². The molecule has 0 aliphatic heterocycles. The van der Waals surface area contributed by atoms with Gasteiger partial charge in [0.1, 0.15) is 5.75 Å². The van der Waals surface area contributed by atoms with Gasteiger partial charge < -0.3 is 9.47 Å². The van der Waals surface area contributed by atoms with E-state index in [9.17, 15) is 0 Å². The minimum absolute atomic E-state index is 0.603. The van der Waals surface area contributed by atoms with Gasteiger partial charge in [-0.1, -0.05) is 0 Å². The summed E-state index contributed by atoms with van der Waals surface area (Å²) in [7, 11) is 3.24. The van der Waals surface area contributed by atoms with Crippen molar-refractivity contribution >= 4 is 0 Å². The van der Waals surface area contributed by atoms with E-state index >= 15 is 0 Å². The number of aromatic nitrogens is 2. The van der Waals surface area contributed by atoms with Crippen LogP contribution in [0.25, 0.3) is 5.69 Å². The molecular weight excluding hydrogens is 192 g/mol. The molecule has 78 valence electrons. The molecule has 0 radical (unpaired) electrons. The molecule has 0 aliphatic carbocycles. The van der Waals surface area contributed by atoms with Crippen molar-refractivity contribution in [1.82, 2.24) is 9.78 Å². The van der Waals surface area contributed by atoms with Crippen LogP contribution < -0.4 is 9.47 Å². The highest BCUT2D eigenvalue weighted by Crippen LogP contribution is 2.15. The fraction of sp³-hybridized carbons (Fsp3) is 0.182. The summed E-state index contributed by atoms with van der Waals surface area (Å²) in [6, 6.07) is 9.47. The second-order valence-corrected chi connectivity index (χ2v) is 3.00. The molecule has 4 heteroatoms. The predicted octanol–water partition coefficient (Wildman–Crippen LogP) is 1.89.